The van der Waals surface area contributed by atoms with E-state index in [9.17, 15) is 5.26 Å². The van der Waals surface area contributed by atoms with Gasteiger partial charge in [-0.1, -0.05) is 27.7 Å². The van der Waals surface area contributed by atoms with Crippen molar-refractivity contribution in [1.29, 1.82) is 5.26 Å². The zero-order chi connectivity index (χ0) is 17.9. The van der Waals surface area contributed by atoms with Gasteiger partial charge in [0.15, 0.2) is 8.32 Å². The van der Waals surface area contributed by atoms with Gasteiger partial charge in [-0.2, -0.15) is 5.26 Å². The maximum Gasteiger partial charge on any atom is 0.192 e. The number of ether oxygens (including phenoxy) is 2. The topological polar surface area (TPSA) is 51.5 Å². The van der Waals surface area contributed by atoms with Crippen molar-refractivity contribution in [3.05, 3.63) is 0 Å². The summed E-state index contributed by atoms with van der Waals surface area (Å²) in [5, 5.41) is 9.74. The van der Waals surface area contributed by atoms with E-state index in [-0.39, 0.29) is 23.7 Å². The molecule has 0 radical (unpaired) electrons. The lowest BCUT2D eigenvalue weighted by atomic mass is 9.80. The van der Waals surface area contributed by atoms with Crippen molar-refractivity contribution >= 4 is 8.32 Å². The average molecular weight is 342 g/mol. The lowest BCUT2D eigenvalue weighted by molar-refractivity contribution is -0.167. The third-order valence-corrected chi connectivity index (χ3v) is 10.4. The van der Waals surface area contributed by atoms with Crippen LogP contribution in [0.15, 0.2) is 0 Å². The smallest absolute Gasteiger partial charge is 0.192 e. The first-order valence-electron chi connectivity index (χ1n) is 8.65. The third kappa shape index (κ3) is 4.79. The number of hydrogen-bond acceptors (Lipinski definition) is 4. The third-order valence-electron chi connectivity index (χ3n) is 5.95. The highest BCUT2D eigenvalue weighted by atomic mass is 28.4. The Bertz CT molecular complexity index is 427. The minimum Gasteiger partial charge on any atom is -0.414 e. The van der Waals surface area contributed by atoms with Crippen molar-refractivity contribution in [3.8, 4) is 6.07 Å². The van der Waals surface area contributed by atoms with Gasteiger partial charge in [-0.25, -0.2) is 0 Å². The van der Waals surface area contributed by atoms with Gasteiger partial charge in [-0.15, -0.1) is 0 Å². The lowest BCUT2D eigenvalue weighted by Gasteiger charge is -2.42. The van der Waals surface area contributed by atoms with E-state index in [1.165, 1.54) is 0 Å². The highest BCUT2D eigenvalue weighted by Gasteiger charge is 2.48. The maximum absolute atomic E-state index is 9.58. The molecular weight excluding hydrogens is 306 g/mol. The quantitative estimate of drug-likeness (QED) is 0.502. The van der Waals surface area contributed by atoms with Crippen molar-refractivity contribution in [1.82, 2.24) is 0 Å². The largest absolute Gasteiger partial charge is 0.414 e. The Morgan fingerprint density at radius 2 is 1.78 bits per heavy atom. The first-order chi connectivity index (χ1) is 10.5. The van der Waals surface area contributed by atoms with E-state index in [0.717, 1.165) is 12.8 Å². The molecule has 1 saturated carbocycles. The fourth-order valence-corrected chi connectivity index (χ4v) is 4.17. The van der Waals surface area contributed by atoms with E-state index in [0.29, 0.717) is 12.5 Å². The maximum atomic E-state index is 9.58. The molecule has 1 fully saturated rings. The zero-order valence-corrected chi connectivity index (χ0v) is 17.2. The first kappa shape index (κ1) is 20.6. The SMILES string of the molecule is COCO[C@](C)(CO[Si](C)(C)C(C)(C)C)[C@@H]1CC[C@@H](C)[C@H]1C#N. The van der Waals surface area contributed by atoms with Crippen LogP contribution < -0.4 is 0 Å². The van der Waals surface area contributed by atoms with E-state index in [1.807, 2.05) is 0 Å². The average Bonchev–Trinajstić information content (AvgIpc) is 2.83. The van der Waals surface area contributed by atoms with Crippen LogP contribution in [-0.2, 0) is 13.9 Å². The van der Waals surface area contributed by atoms with E-state index in [4.69, 9.17) is 13.9 Å². The molecule has 0 aromatic carbocycles. The summed E-state index contributed by atoms with van der Waals surface area (Å²) in [5.41, 5.74) is -0.476. The van der Waals surface area contributed by atoms with Gasteiger partial charge in [0.2, 0.25) is 0 Å². The lowest BCUT2D eigenvalue weighted by Crippen LogP contribution is -2.50. The van der Waals surface area contributed by atoms with Crippen molar-refractivity contribution in [2.24, 2.45) is 17.8 Å². The fraction of sp³-hybridized carbons (Fsp3) is 0.944. The summed E-state index contributed by atoms with van der Waals surface area (Å²) in [7, 11) is -0.225. The van der Waals surface area contributed by atoms with Gasteiger partial charge < -0.3 is 13.9 Å². The molecule has 0 spiro atoms. The minimum absolute atomic E-state index is 0.0277. The second-order valence-corrected chi connectivity index (χ2v) is 13.5. The molecule has 0 heterocycles. The number of nitrogens with zero attached hydrogens (tertiary/aromatic N) is 1. The van der Waals surface area contributed by atoms with E-state index in [1.54, 1.807) is 7.11 Å². The number of nitriles is 1. The Labute approximate surface area is 143 Å². The summed E-state index contributed by atoms with van der Waals surface area (Å²) in [6, 6.07) is 2.51. The van der Waals surface area contributed by atoms with Crippen LogP contribution in [0.4, 0.5) is 0 Å². The zero-order valence-electron chi connectivity index (χ0n) is 16.2. The van der Waals surface area contributed by atoms with Crippen LogP contribution in [0.2, 0.25) is 18.1 Å². The van der Waals surface area contributed by atoms with Crippen LogP contribution in [0.5, 0.6) is 0 Å². The number of methoxy groups -OCH3 is 1. The molecule has 0 unspecified atom stereocenters. The molecule has 0 aromatic heterocycles. The molecule has 134 valence electrons. The monoisotopic (exact) mass is 341 g/mol. The molecule has 1 rings (SSSR count). The predicted molar refractivity (Wildman–Crippen MR) is 95.5 cm³/mol. The summed E-state index contributed by atoms with van der Waals surface area (Å²) in [5.74, 6) is 0.644. The first-order valence-corrected chi connectivity index (χ1v) is 11.6. The summed E-state index contributed by atoms with van der Waals surface area (Å²) < 4.78 is 17.7. The van der Waals surface area contributed by atoms with Gasteiger partial charge in [-0.05, 0) is 43.8 Å². The van der Waals surface area contributed by atoms with Crippen LogP contribution in [-0.4, -0.2) is 34.4 Å². The van der Waals surface area contributed by atoms with E-state index >= 15 is 0 Å². The molecule has 1 aliphatic rings. The normalized spacial score (nSPS) is 28.4. The molecule has 4 nitrogen and oxygen atoms in total. The Balaban J connectivity index is 2.93. The van der Waals surface area contributed by atoms with Gasteiger partial charge in [0.05, 0.1) is 24.2 Å². The highest BCUT2D eigenvalue weighted by Crippen LogP contribution is 2.45. The van der Waals surface area contributed by atoms with Crippen LogP contribution in [0.3, 0.4) is 0 Å². The summed E-state index contributed by atoms with van der Waals surface area (Å²) >= 11 is 0. The fourth-order valence-electron chi connectivity index (χ4n) is 3.09. The van der Waals surface area contributed by atoms with Crippen molar-refractivity contribution < 1.29 is 13.9 Å². The Hall–Kier alpha value is -0.413. The Morgan fingerprint density at radius 1 is 1.17 bits per heavy atom. The molecule has 0 aromatic rings. The summed E-state index contributed by atoms with van der Waals surface area (Å²) in [6.07, 6.45) is 2.09. The van der Waals surface area contributed by atoms with Crippen LogP contribution >= 0.6 is 0 Å². The number of hydrogen-bond donors (Lipinski definition) is 0. The predicted octanol–water partition coefficient (Wildman–Crippen LogP) is 4.57. The second-order valence-electron chi connectivity index (χ2n) is 8.73. The Kier molecular flexibility index (Phi) is 6.86. The molecule has 0 saturated heterocycles. The van der Waals surface area contributed by atoms with Crippen LogP contribution in [0.1, 0.15) is 47.5 Å². The molecular formula is C18H35NO3Si. The van der Waals surface area contributed by atoms with Gasteiger partial charge in [0, 0.05) is 13.0 Å². The molecule has 1 aliphatic carbocycles. The number of rotatable bonds is 7. The molecule has 23 heavy (non-hydrogen) atoms. The van der Waals surface area contributed by atoms with E-state index in [2.05, 4.69) is 53.8 Å². The van der Waals surface area contributed by atoms with Gasteiger partial charge in [0.1, 0.15) is 6.79 Å². The molecule has 0 N–H and O–H groups in total. The van der Waals surface area contributed by atoms with Crippen molar-refractivity contribution in [2.45, 2.75) is 71.2 Å². The summed E-state index contributed by atoms with van der Waals surface area (Å²) in [6.45, 7) is 16.2. The van der Waals surface area contributed by atoms with Gasteiger partial charge in [-0.3, -0.25) is 0 Å². The second kappa shape index (κ2) is 7.65. The van der Waals surface area contributed by atoms with Gasteiger partial charge in [0.25, 0.3) is 0 Å². The highest BCUT2D eigenvalue weighted by molar-refractivity contribution is 6.74. The summed E-state index contributed by atoms with van der Waals surface area (Å²) in [4.78, 5) is 0. The van der Waals surface area contributed by atoms with Gasteiger partial charge >= 0.3 is 0 Å². The van der Waals surface area contributed by atoms with Crippen molar-refractivity contribution in [2.75, 3.05) is 20.5 Å². The molecule has 5 heteroatoms. The minimum atomic E-state index is -1.86. The standard InChI is InChI=1S/C18H35NO3Si/c1-14-9-10-16(15(14)11-19)18(5,21-13-20-6)12-22-23(7,8)17(2,3)4/h14-16H,9-10,12-13H2,1-8H3/t14-,15-,16-,18-/m1/s1. The Morgan fingerprint density at radius 3 is 2.26 bits per heavy atom. The van der Waals surface area contributed by atoms with Crippen molar-refractivity contribution in [3.63, 3.8) is 0 Å². The molecule has 0 amide bonds. The molecule has 0 aliphatic heterocycles. The van der Waals surface area contributed by atoms with Crippen LogP contribution in [0.25, 0.3) is 0 Å². The van der Waals surface area contributed by atoms with E-state index < -0.39 is 13.9 Å². The molecule has 0 bridgehead atoms. The molecule has 4 atom stereocenters. The van der Waals surface area contributed by atoms with Crippen LogP contribution in [0, 0.1) is 29.1 Å².